The fourth-order valence-electron chi connectivity index (χ4n) is 4.19. The van der Waals surface area contributed by atoms with Crippen molar-refractivity contribution in [1.82, 2.24) is 9.88 Å². The number of hydrogen-bond donors (Lipinski definition) is 0. The number of piperidine rings is 1. The molecule has 0 N–H and O–H groups in total. The molecule has 6 heteroatoms. The summed E-state index contributed by atoms with van der Waals surface area (Å²) in [5.74, 6) is 1.53. The number of hydrogen-bond acceptors (Lipinski definition) is 5. The fraction of sp³-hybridized carbons (Fsp3) is 0.524. The second-order valence-corrected chi connectivity index (χ2v) is 7.51. The molecule has 0 aliphatic carbocycles. The summed E-state index contributed by atoms with van der Waals surface area (Å²) in [5.41, 5.74) is 0.550. The number of furan rings is 1. The predicted octanol–water partition coefficient (Wildman–Crippen LogP) is 3.55. The molecule has 4 rings (SSSR count). The van der Waals surface area contributed by atoms with Crippen LogP contribution in [0.4, 0.5) is 0 Å². The third kappa shape index (κ3) is 4.33. The van der Waals surface area contributed by atoms with E-state index in [1.807, 2.05) is 17.0 Å². The molecule has 1 atom stereocenters. The molecule has 4 heterocycles. The number of nitrogens with zero attached hydrogens (tertiary/aromatic N) is 2. The fourth-order valence-corrected chi connectivity index (χ4v) is 4.19. The van der Waals surface area contributed by atoms with E-state index < -0.39 is 0 Å². The molecule has 0 saturated carbocycles. The molecule has 0 bridgehead atoms. The lowest BCUT2D eigenvalue weighted by Crippen LogP contribution is -2.50. The Kier molecular flexibility index (Phi) is 5.43. The number of aromatic nitrogens is 1. The van der Waals surface area contributed by atoms with Crippen LogP contribution in [-0.2, 0) is 4.74 Å². The van der Waals surface area contributed by atoms with E-state index >= 15 is 0 Å². The Labute approximate surface area is 159 Å². The molecule has 0 aromatic carbocycles. The first-order valence-electron chi connectivity index (χ1n) is 9.72. The van der Waals surface area contributed by atoms with E-state index in [-0.39, 0.29) is 11.5 Å². The average molecular weight is 370 g/mol. The lowest BCUT2D eigenvalue weighted by Gasteiger charge is -2.46. The van der Waals surface area contributed by atoms with Crippen molar-refractivity contribution in [3.8, 4) is 5.75 Å². The molecule has 2 aliphatic heterocycles. The maximum absolute atomic E-state index is 12.5. The molecule has 6 nitrogen and oxygen atoms in total. The summed E-state index contributed by atoms with van der Waals surface area (Å²) in [6.45, 7) is 3.00. The molecule has 1 spiro atoms. The summed E-state index contributed by atoms with van der Waals surface area (Å²) in [6.07, 6.45) is 11.5. The Morgan fingerprint density at radius 3 is 2.81 bits per heavy atom. The number of carbonyl (C=O) groups excluding carboxylic acids is 1. The van der Waals surface area contributed by atoms with Crippen LogP contribution < -0.4 is 4.74 Å². The highest BCUT2D eigenvalue weighted by Gasteiger charge is 2.41. The highest BCUT2D eigenvalue weighted by Crippen LogP contribution is 2.39. The molecule has 1 unspecified atom stereocenters. The zero-order valence-corrected chi connectivity index (χ0v) is 15.5. The van der Waals surface area contributed by atoms with E-state index in [4.69, 9.17) is 13.9 Å². The van der Waals surface area contributed by atoms with Gasteiger partial charge >= 0.3 is 0 Å². The summed E-state index contributed by atoms with van der Waals surface area (Å²) in [5, 5.41) is 0. The van der Waals surface area contributed by atoms with Gasteiger partial charge in [-0.3, -0.25) is 9.78 Å². The number of likely N-dealkylation sites (tertiary alicyclic amines) is 1. The molecule has 144 valence electrons. The molecular formula is C21H26N2O4. The second-order valence-electron chi connectivity index (χ2n) is 7.51. The molecule has 0 radical (unpaired) electrons. The van der Waals surface area contributed by atoms with Crippen LogP contribution in [0.25, 0.3) is 0 Å². The Bertz CT molecular complexity index is 724. The molecule has 27 heavy (non-hydrogen) atoms. The maximum atomic E-state index is 12.5. The van der Waals surface area contributed by atoms with Gasteiger partial charge in [-0.25, -0.2) is 0 Å². The van der Waals surface area contributed by atoms with Gasteiger partial charge in [-0.05, 0) is 56.2 Å². The minimum absolute atomic E-state index is 0.0525. The summed E-state index contributed by atoms with van der Waals surface area (Å²) in [4.78, 5) is 18.4. The molecule has 2 aromatic rings. The van der Waals surface area contributed by atoms with Crippen molar-refractivity contribution in [1.29, 1.82) is 0 Å². The quantitative estimate of drug-likeness (QED) is 0.805. The van der Waals surface area contributed by atoms with Crippen molar-refractivity contribution < 1.29 is 18.7 Å². The zero-order chi connectivity index (χ0) is 18.5. The molecular weight excluding hydrogens is 344 g/mol. The van der Waals surface area contributed by atoms with Crippen LogP contribution in [0.3, 0.4) is 0 Å². The first kappa shape index (κ1) is 18.0. The highest BCUT2D eigenvalue weighted by molar-refractivity contribution is 5.93. The minimum atomic E-state index is -0.0766. The summed E-state index contributed by atoms with van der Waals surface area (Å²) in [6, 6.07) is 5.50. The third-order valence-corrected chi connectivity index (χ3v) is 5.77. The van der Waals surface area contributed by atoms with Crippen molar-refractivity contribution in [3.05, 3.63) is 48.7 Å². The Balaban J connectivity index is 1.26. The first-order chi connectivity index (χ1) is 13.2. The zero-order valence-electron chi connectivity index (χ0n) is 15.5. The molecule has 2 fully saturated rings. The van der Waals surface area contributed by atoms with Gasteiger partial charge in [-0.1, -0.05) is 0 Å². The van der Waals surface area contributed by atoms with Crippen LogP contribution in [0.2, 0.25) is 0 Å². The van der Waals surface area contributed by atoms with Crippen LogP contribution >= 0.6 is 0 Å². The minimum Gasteiger partial charge on any atom is -0.493 e. The number of pyridine rings is 1. The second kappa shape index (κ2) is 8.13. The van der Waals surface area contributed by atoms with E-state index in [0.29, 0.717) is 11.5 Å². The van der Waals surface area contributed by atoms with Gasteiger partial charge in [-0.15, -0.1) is 0 Å². The van der Waals surface area contributed by atoms with Crippen molar-refractivity contribution in [2.75, 3.05) is 26.3 Å². The van der Waals surface area contributed by atoms with Crippen molar-refractivity contribution >= 4 is 5.91 Å². The Hall–Kier alpha value is -2.34. The number of carbonyl (C=O) groups is 1. The average Bonchev–Trinajstić information content (AvgIpc) is 3.24. The van der Waals surface area contributed by atoms with Gasteiger partial charge in [0.05, 0.1) is 24.0 Å². The lowest BCUT2D eigenvalue weighted by atomic mass is 9.78. The monoisotopic (exact) mass is 370 g/mol. The highest BCUT2D eigenvalue weighted by atomic mass is 16.5. The Morgan fingerprint density at radius 2 is 2.07 bits per heavy atom. The van der Waals surface area contributed by atoms with Crippen LogP contribution in [0, 0.1) is 5.92 Å². The van der Waals surface area contributed by atoms with E-state index in [9.17, 15) is 4.79 Å². The van der Waals surface area contributed by atoms with Crippen molar-refractivity contribution in [2.24, 2.45) is 5.92 Å². The standard InChI is InChI=1S/C21H26N2O4/c24-20(18-5-12-25-16-18)23-10-6-21(7-11-23)15-17(4-14-27-21)3-13-26-19-1-8-22-9-2-19/h1-2,5,8-9,12,16-17H,3-4,6-7,10-11,13-15H2. The van der Waals surface area contributed by atoms with Gasteiger partial charge in [0.15, 0.2) is 0 Å². The number of ether oxygens (including phenoxy) is 2. The summed E-state index contributed by atoms with van der Waals surface area (Å²) >= 11 is 0. The predicted molar refractivity (Wildman–Crippen MR) is 99.6 cm³/mol. The SMILES string of the molecule is O=C(c1ccoc1)N1CCC2(CC1)CC(CCOc1ccncc1)CCO2. The van der Waals surface area contributed by atoms with E-state index in [2.05, 4.69) is 4.98 Å². The molecule has 2 aromatic heterocycles. The third-order valence-electron chi connectivity index (χ3n) is 5.77. The molecule has 2 aliphatic rings. The van der Waals surface area contributed by atoms with Gasteiger partial charge < -0.3 is 18.8 Å². The largest absolute Gasteiger partial charge is 0.493 e. The normalized spacial score (nSPS) is 21.9. The Morgan fingerprint density at radius 1 is 1.26 bits per heavy atom. The van der Waals surface area contributed by atoms with Crippen LogP contribution in [0.1, 0.15) is 42.5 Å². The lowest BCUT2D eigenvalue weighted by molar-refractivity contribution is -0.125. The van der Waals surface area contributed by atoms with E-state index in [1.165, 1.54) is 6.26 Å². The summed E-state index contributed by atoms with van der Waals surface area (Å²) < 4.78 is 17.1. The van der Waals surface area contributed by atoms with Crippen LogP contribution in [-0.4, -0.2) is 47.7 Å². The van der Waals surface area contributed by atoms with Gasteiger partial charge in [0.1, 0.15) is 12.0 Å². The van der Waals surface area contributed by atoms with E-state index in [0.717, 1.165) is 64.2 Å². The van der Waals surface area contributed by atoms with Gasteiger partial charge in [0.25, 0.3) is 5.91 Å². The first-order valence-corrected chi connectivity index (χ1v) is 9.72. The maximum Gasteiger partial charge on any atom is 0.257 e. The van der Waals surface area contributed by atoms with Crippen LogP contribution in [0.15, 0.2) is 47.5 Å². The number of rotatable bonds is 5. The topological polar surface area (TPSA) is 64.8 Å². The smallest absolute Gasteiger partial charge is 0.257 e. The van der Waals surface area contributed by atoms with Gasteiger partial charge in [-0.2, -0.15) is 0 Å². The molecule has 1 amide bonds. The van der Waals surface area contributed by atoms with E-state index in [1.54, 1.807) is 24.7 Å². The van der Waals surface area contributed by atoms with Gasteiger partial charge in [0, 0.05) is 32.1 Å². The molecule has 2 saturated heterocycles. The summed E-state index contributed by atoms with van der Waals surface area (Å²) in [7, 11) is 0. The van der Waals surface area contributed by atoms with Crippen LogP contribution in [0.5, 0.6) is 5.75 Å². The number of amides is 1. The van der Waals surface area contributed by atoms with Crippen molar-refractivity contribution in [3.63, 3.8) is 0 Å². The van der Waals surface area contributed by atoms with Crippen molar-refractivity contribution in [2.45, 2.75) is 37.7 Å². The van der Waals surface area contributed by atoms with Gasteiger partial charge in [0.2, 0.25) is 0 Å².